The molecule has 0 aromatic heterocycles. The summed E-state index contributed by atoms with van der Waals surface area (Å²) in [6.07, 6.45) is -0.00576. The van der Waals surface area contributed by atoms with Crippen molar-refractivity contribution < 1.29 is 23.9 Å². The average molecular weight is 328 g/mol. The molecule has 0 saturated carbocycles. The number of halogens is 1. The summed E-state index contributed by atoms with van der Waals surface area (Å²) in [5.74, 6) is -1.35. The van der Waals surface area contributed by atoms with Gasteiger partial charge in [0.25, 0.3) is 0 Å². The Balaban J connectivity index is 2.66. The third kappa shape index (κ3) is 5.73. The quantitative estimate of drug-likeness (QED) is 0.779. The van der Waals surface area contributed by atoms with E-state index in [4.69, 9.17) is 21.1 Å². The van der Waals surface area contributed by atoms with Gasteiger partial charge in [-0.2, -0.15) is 0 Å². The van der Waals surface area contributed by atoms with Crippen LogP contribution in [0.1, 0.15) is 37.0 Å². The SMILES string of the molecule is CCOC(=O)CCC(=O)Nc1ccc(Cl)c(C(=O)OCC)c1. The van der Waals surface area contributed by atoms with Crippen molar-refractivity contribution in [2.24, 2.45) is 0 Å². The molecule has 0 aliphatic rings. The van der Waals surface area contributed by atoms with Crippen LogP contribution >= 0.6 is 11.6 Å². The van der Waals surface area contributed by atoms with Gasteiger partial charge >= 0.3 is 11.9 Å². The predicted molar refractivity (Wildman–Crippen MR) is 81.9 cm³/mol. The number of carbonyl (C=O) groups is 3. The van der Waals surface area contributed by atoms with E-state index >= 15 is 0 Å². The summed E-state index contributed by atoms with van der Waals surface area (Å²) in [6, 6.07) is 4.49. The van der Waals surface area contributed by atoms with Crippen molar-refractivity contribution in [3.63, 3.8) is 0 Å². The number of nitrogens with one attached hydrogen (secondary N) is 1. The van der Waals surface area contributed by atoms with Crippen molar-refractivity contribution in [2.45, 2.75) is 26.7 Å². The number of benzene rings is 1. The van der Waals surface area contributed by atoms with Crippen molar-refractivity contribution in [1.82, 2.24) is 0 Å². The normalized spacial score (nSPS) is 9.95. The molecule has 0 bridgehead atoms. The third-order valence-corrected chi connectivity index (χ3v) is 2.94. The lowest BCUT2D eigenvalue weighted by Gasteiger charge is -2.09. The molecule has 0 aliphatic carbocycles. The molecular formula is C15H18ClNO5. The van der Waals surface area contributed by atoms with E-state index in [1.54, 1.807) is 19.9 Å². The van der Waals surface area contributed by atoms with Gasteiger partial charge in [0, 0.05) is 12.1 Å². The summed E-state index contributed by atoms with van der Waals surface area (Å²) in [5, 5.41) is 2.83. The fraction of sp³-hybridized carbons (Fsp3) is 0.400. The average Bonchev–Trinajstić information content (AvgIpc) is 2.47. The molecule has 0 spiro atoms. The van der Waals surface area contributed by atoms with E-state index in [9.17, 15) is 14.4 Å². The molecule has 0 aliphatic heterocycles. The van der Waals surface area contributed by atoms with Gasteiger partial charge in [0.05, 0.1) is 30.2 Å². The van der Waals surface area contributed by atoms with Crippen LogP contribution in [-0.4, -0.2) is 31.1 Å². The Morgan fingerprint density at radius 2 is 1.77 bits per heavy atom. The Labute approximate surface area is 133 Å². The molecule has 0 unspecified atom stereocenters. The van der Waals surface area contributed by atoms with Crippen LogP contribution in [0.5, 0.6) is 0 Å². The van der Waals surface area contributed by atoms with E-state index < -0.39 is 11.9 Å². The number of amides is 1. The third-order valence-electron chi connectivity index (χ3n) is 2.61. The molecule has 1 rings (SSSR count). The summed E-state index contributed by atoms with van der Waals surface area (Å²) in [6.45, 7) is 3.89. The highest BCUT2D eigenvalue weighted by molar-refractivity contribution is 6.33. The van der Waals surface area contributed by atoms with Gasteiger partial charge in [-0.15, -0.1) is 0 Å². The van der Waals surface area contributed by atoms with E-state index in [1.165, 1.54) is 12.1 Å². The molecule has 1 aromatic carbocycles. The predicted octanol–water partition coefficient (Wildman–Crippen LogP) is 2.80. The van der Waals surface area contributed by atoms with E-state index in [2.05, 4.69) is 5.32 Å². The standard InChI is InChI=1S/C15H18ClNO5/c1-3-21-14(19)8-7-13(18)17-10-5-6-12(16)11(9-10)15(20)22-4-2/h5-6,9H,3-4,7-8H2,1-2H3,(H,17,18). The topological polar surface area (TPSA) is 81.7 Å². The number of esters is 2. The van der Waals surface area contributed by atoms with Gasteiger partial charge in [-0.05, 0) is 32.0 Å². The Kier molecular flexibility index (Phi) is 7.39. The van der Waals surface area contributed by atoms with Crippen molar-refractivity contribution >= 4 is 35.1 Å². The molecule has 7 heteroatoms. The van der Waals surface area contributed by atoms with Crippen LogP contribution < -0.4 is 5.32 Å². The molecule has 6 nitrogen and oxygen atoms in total. The molecule has 0 fully saturated rings. The van der Waals surface area contributed by atoms with Crippen LogP contribution in [0.3, 0.4) is 0 Å². The number of anilines is 1. The van der Waals surface area contributed by atoms with Gasteiger partial charge in [-0.3, -0.25) is 9.59 Å². The Bertz CT molecular complexity index is 559. The monoisotopic (exact) mass is 327 g/mol. The van der Waals surface area contributed by atoms with Gasteiger partial charge in [0.15, 0.2) is 0 Å². The van der Waals surface area contributed by atoms with Gasteiger partial charge in [0.1, 0.15) is 0 Å². The summed E-state index contributed by atoms with van der Waals surface area (Å²) in [5.41, 5.74) is 0.577. The largest absolute Gasteiger partial charge is 0.466 e. The fourth-order valence-electron chi connectivity index (χ4n) is 1.64. The maximum atomic E-state index is 11.7. The Hall–Kier alpha value is -2.08. The molecule has 1 N–H and O–H groups in total. The van der Waals surface area contributed by atoms with Crippen LogP contribution in [0.15, 0.2) is 18.2 Å². The Morgan fingerprint density at radius 1 is 1.09 bits per heavy atom. The lowest BCUT2D eigenvalue weighted by Crippen LogP contribution is -2.15. The number of hydrogen-bond donors (Lipinski definition) is 1. The molecule has 1 aromatic rings. The lowest BCUT2D eigenvalue weighted by molar-refractivity contribution is -0.144. The second-order valence-electron chi connectivity index (χ2n) is 4.27. The van der Waals surface area contributed by atoms with Crippen LogP contribution in [0.25, 0.3) is 0 Å². The first kappa shape index (κ1) is 18.0. The van der Waals surface area contributed by atoms with Crippen LogP contribution in [0, 0.1) is 0 Å². The van der Waals surface area contributed by atoms with Gasteiger partial charge in [-0.1, -0.05) is 11.6 Å². The molecule has 22 heavy (non-hydrogen) atoms. The number of hydrogen-bond acceptors (Lipinski definition) is 5. The zero-order chi connectivity index (χ0) is 16.5. The molecule has 120 valence electrons. The van der Waals surface area contributed by atoms with Crippen LogP contribution in [0.2, 0.25) is 5.02 Å². The minimum Gasteiger partial charge on any atom is -0.466 e. The van der Waals surface area contributed by atoms with E-state index in [1.807, 2.05) is 0 Å². The zero-order valence-electron chi connectivity index (χ0n) is 12.5. The van der Waals surface area contributed by atoms with Crippen molar-refractivity contribution in [3.8, 4) is 0 Å². The van der Waals surface area contributed by atoms with E-state index in [0.29, 0.717) is 5.69 Å². The minimum absolute atomic E-state index is 0.00199. The highest BCUT2D eigenvalue weighted by atomic mass is 35.5. The fourth-order valence-corrected chi connectivity index (χ4v) is 1.84. The van der Waals surface area contributed by atoms with Gasteiger partial charge in [-0.25, -0.2) is 4.79 Å². The summed E-state index contributed by atoms with van der Waals surface area (Å²) in [4.78, 5) is 34.6. The maximum Gasteiger partial charge on any atom is 0.339 e. The van der Waals surface area contributed by atoms with Crippen LogP contribution in [-0.2, 0) is 19.1 Å². The molecule has 0 saturated heterocycles. The Morgan fingerprint density at radius 3 is 2.41 bits per heavy atom. The minimum atomic E-state index is -0.560. The summed E-state index contributed by atoms with van der Waals surface area (Å²) < 4.78 is 9.62. The number of carbonyl (C=O) groups excluding carboxylic acids is 3. The van der Waals surface area contributed by atoms with E-state index in [0.717, 1.165) is 0 Å². The second-order valence-corrected chi connectivity index (χ2v) is 4.68. The smallest absolute Gasteiger partial charge is 0.339 e. The first-order chi connectivity index (χ1) is 10.5. The lowest BCUT2D eigenvalue weighted by atomic mass is 10.2. The summed E-state index contributed by atoms with van der Waals surface area (Å²) >= 11 is 5.93. The first-order valence-corrected chi connectivity index (χ1v) is 7.27. The molecule has 0 heterocycles. The number of rotatable bonds is 7. The van der Waals surface area contributed by atoms with Gasteiger partial charge in [0.2, 0.25) is 5.91 Å². The van der Waals surface area contributed by atoms with E-state index in [-0.39, 0.29) is 42.5 Å². The van der Waals surface area contributed by atoms with Crippen molar-refractivity contribution in [1.29, 1.82) is 0 Å². The van der Waals surface area contributed by atoms with Crippen molar-refractivity contribution in [3.05, 3.63) is 28.8 Å². The highest BCUT2D eigenvalue weighted by Crippen LogP contribution is 2.21. The van der Waals surface area contributed by atoms with Crippen LogP contribution in [0.4, 0.5) is 5.69 Å². The van der Waals surface area contributed by atoms with Gasteiger partial charge < -0.3 is 14.8 Å². The highest BCUT2D eigenvalue weighted by Gasteiger charge is 2.14. The zero-order valence-corrected chi connectivity index (χ0v) is 13.2. The first-order valence-electron chi connectivity index (χ1n) is 6.90. The second kappa shape index (κ2) is 9.04. The summed E-state index contributed by atoms with van der Waals surface area (Å²) in [7, 11) is 0. The molecular weight excluding hydrogens is 310 g/mol. The molecule has 1 amide bonds. The molecule has 0 radical (unpaired) electrons. The van der Waals surface area contributed by atoms with Crippen molar-refractivity contribution in [2.75, 3.05) is 18.5 Å². The molecule has 0 atom stereocenters. The maximum absolute atomic E-state index is 11.7. The number of ether oxygens (including phenoxy) is 2.